The molecule has 5 nitrogen and oxygen atoms in total. The first-order valence-corrected chi connectivity index (χ1v) is 7.53. The number of carbonyl (C=O) groups is 1. The van der Waals surface area contributed by atoms with Crippen LogP contribution in [-0.2, 0) is 18.5 Å². The fourth-order valence-electron chi connectivity index (χ4n) is 3.09. The molecule has 2 aliphatic rings. The van der Waals surface area contributed by atoms with E-state index in [1.54, 1.807) is 6.07 Å². The lowest BCUT2D eigenvalue weighted by Crippen LogP contribution is -2.36. The van der Waals surface area contributed by atoms with Crippen LogP contribution in [0.5, 0.6) is 0 Å². The Balaban J connectivity index is 0.00000156. The quantitative estimate of drug-likeness (QED) is 0.803. The Morgan fingerprint density at radius 3 is 2.91 bits per heavy atom. The number of aromatic amines is 1. The molecule has 0 atom stereocenters. The normalized spacial score (nSPS) is 17.8. The Kier molecular flexibility index (Phi) is 4.12. The summed E-state index contributed by atoms with van der Waals surface area (Å²) < 4.78 is 13.4. The minimum absolute atomic E-state index is 0. The number of carbonyl (C=O) groups excluding carboxylic acids is 1. The van der Waals surface area contributed by atoms with Gasteiger partial charge in [-0.05, 0) is 30.5 Å². The van der Waals surface area contributed by atoms with E-state index in [0.29, 0.717) is 12.2 Å². The molecule has 0 bridgehead atoms. The number of hydrogen-bond donors (Lipinski definition) is 3. The predicted octanol–water partition coefficient (Wildman–Crippen LogP) is 2.04. The molecular weight excluding hydrogens is 319 g/mol. The summed E-state index contributed by atoms with van der Waals surface area (Å²) in [4.78, 5) is 12.6. The van der Waals surface area contributed by atoms with Gasteiger partial charge in [0.15, 0.2) is 5.69 Å². The fourth-order valence-corrected chi connectivity index (χ4v) is 3.09. The Hall–Kier alpha value is -1.92. The summed E-state index contributed by atoms with van der Waals surface area (Å²) in [5, 5.41) is 13.4. The maximum absolute atomic E-state index is 13.4. The average Bonchev–Trinajstić information content (AvgIpc) is 3.17. The van der Waals surface area contributed by atoms with Crippen molar-refractivity contribution in [2.24, 2.45) is 0 Å². The van der Waals surface area contributed by atoms with Gasteiger partial charge in [0.05, 0.1) is 5.54 Å². The molecule has 0 saturated heterocycles. The molecule has 1 saturated carbocycles. The van der Waals surface area contributed by atoms with Crippen LogP contribution in [0.15, 0.2) is 24.3 Å². The summed E-state index contributed by atoms with van der Waals surface area (Å²) >= 11 is 0. The lowest BCUT2D eigenvalue weighted by atomic mass is 10.0. The number of aromatic nitrogens is 2. The molecule has 0 unspecified atom stereocenters. The van der Waals surface area contributed by atoms with Crippen molar-refractivity contribution in [3.8, 4) is 0 Å². The number of H-pyrrole nitrogens is 1. The van der Waals surface area contributed by atoms with E-state index in [1.807, 2.05) is 6.07 Å². The number of fused-ring (bicyclic) bond motifs is 1. The van der Waals surface area contributed by atoms with E-state index in [9.17, 15) is 9.18 Å². The molecule has 7 heteroatoms. The summed E-state index contributed by atoms with van der Waals surface area (Å²) in [7, 11) is 0. The SMILES string of the molecule is Cl.O=C(NC1(c2cccc(F)c2)CC1)c1n[nH]c2c1CNCC2. The standard InChI is InChI=1S/C16H17FN4O.ClH/c17-11-3-1-2-10(8-11)16(5-6-16)19-15(22)14-12-9-18-7-4-13(12)20-21-14;/h1-3,8,18H,4-7,9H2,(H,19,22)(H,20,21);1H. The maximum atomic E-state index is 13.4. The van der Waals surface area contributed by atoms with Crippen LogP contribution in [-0.4, -0.2) is 22.6 Å². The smallest absolute Gasteiger partial charge is 0.272 e. The van der Waals surface area contributed by atoms with Crippen molar-refractivity contribution in [3.63, 3.8) is 0 Å². The highest BCUT2D eigenvalue weighted by atomic mass is 35.5. The van der Waals surface area contributed by atoms with Crippen molar-refractivity contribution in [2.75, 3.05) is 6.54 Å². The van der Waals surface area contributed by atoms with Gasteiger partial charge in [-0.15, -0.1) is 12.4 Å². The highest BCUT2D eigenvalue weighted by molar-refractivity contribution is 5.95. The highest BCUT2D eigenvalue weighted by Crippen LogP contribution is 2.45. The molecular formula is C16H18ClFN4O. The van der Waals surface area contributed by atoms with Gasteiger partial charge in [-0.2, -0.15) is 5.10 Å². The van der Waals surface area contributed by atoms with Gasteiger partial charge in [-0.1, -0.05) is 12.1 Å². The van der Waals surface area contributed by atoms with Gasteiger partial charge < -0.3 is 10.6 Å². The molecule has 1 fully saturated rings. The Morgan fingerprint density at radius 1 is 1.35 bits per heavy atom. The van der Waals surface area contributed by atoms with Crippen LogP contribution in [0.1, 0.15) is 40.2 Å². The second-order valence-electron chi connectivity index (χ2n) is 6.00. The van der Waals surface area contributed by atoms with Crippen molar-refractivity contribution >= 4 is 18.3 Å². The molecule has 122 valence electrons. The van der Waals surface area contributed by atoms with E-state index in [4.69, 9.17) is 0 Å². The number of halogens is 2. The van der Waals surface area contributed by atoms with Gasteiger partial charge in [-0.25, -0.2) is 4.39 Å². The van der Waals surface area contributed by atoms with Crippen LogP contribution in [0.3, 0.4) is 0 Å². The summed E-state index contributed by atoms with van der Waals surface area (Å²) in [5.41, 5.74) is 2.80. The first kappa shape index (κ1) is 16.0. The van der Waals surface area contributed by atoms with E-state index in [0.717, 1.165) is 42.6 Å². The van der Waals surface area contributed by atoms with Crippen LogP contribution in [0.2, 0.25) is 0 Å². The van der Waals surface area contributed by atoms with E-state index < -0.39 is 5.54 Å². The Morgan fingerprint density at radius 2 is 2.17 bits per heavy atom. The Bertz CT molecular complexity index is 741. The van der Waals surface area contributed by atoms with Crippen LogP contribution < -0.4 is 10.6 Å². The van der Waals surface area contributed by atoms with E-state index >= 15 is 0 Å². The van der Waals surface area contributed by atoms with E-state index in [-0.39, 0.29) is 24.1 Å². The molecule has 4 rings (SSSR count). The minimum atomic E-state index is -0.437. The zero-order valence-corrected chi connectivity index (χ0v) is 13.3. The van der Waals surface area contributed by atoms with Crippen molar-refractivity contribution in [3.05, 3.63) is 52.6 Å². The van der Waals surface area contributed by atoms with Crippen molar-refractivity contribution in [1.82, 2.24) is 20.8 Å². The van der Waals surface area contributed by atoms with Crippen LogP contribution in [0, 0.1) is 5.82 Å². The highest BCUT2D eigenvalue weighted by Gasteiger charge is 2.46. The van der Waals surface area contributed by atoms with Crippen LogP contribution in [0.25, 0.3) is 0 Å². The fraction of sp³-hybridized carbons (Fsp3) is 0.375. The number of nitrogens with zero attached hydrogens (tertiary/aromatic N) is 1. The third-order valence-corrected chi connectivity index (χ3v) is 4.50. The third kappa shape index (κ3) is 2.84. The van der Waals surface area contributed by atoms with E-state index in [1.165, 1.54) is 12.1 Å². The Labute approximate surface area is 139 Å². The number of amides is 1. The molecule has 23 heavy (non-hydrogen) atoms. The van der Waals surface area contributed by atoms with Gasteiger partial charge in [-0.3, -0.25) is 9.89 Å². The number of benzene rings is 1. The molecule has 2 heterocycles. The second-order valence-corrected chi connectivity index (χ2v) is 6.00. The van der Waals surface area contributed by atoms with Crippen LogP contribution >= 0.6 is 12.4 Å². The van der Waals surface area contributed by atoms with Crippen LogP contribution in [0.4, 0.5) is 4.39 Å². The summed E-state index contributed by atoms with van der Waals surface area (Å²) in [5.74, 6) is -0.470. The minimum Gasteiger partial charge on any atom is -0.341 e. The molecule has 1 aliphatic carbocycles. The van der Waals surface area contributed by atoms with Gasteiger partial charge >= 0.3 is 0 Å². The number of nitrogens with one attached hydrogen (secondary N) is 3. The topological polar surface area (TPSA) is 69.8 Å². The summed E-state index contributed by atoms with van der Waals surface area (Å²) in [6, 6.07) is 6.45. The average molecular weight is 337 g/mol. The number of hydrogen-bond acceptors (Lipinski definition) is 3. The molecule has 1 aliphatic heterocycles. The molecule has 2 aromatic rings. The molecule has 1 amide bonds. The lowest BCUT2D eigenvalue weighted by molar-refractivity contribution is 0.0924. The van der Waals surface area contributed by atoms with E-state index in [2.05, 4.69) is 20.8 Å². The summed E-state index contributed by atoms with van der Waals surface area (Å²) in [6.45, 7) is 1.55. The lowest BCUT2D eigenvalue weighted by Gasteiger charge is -2.18. The molecule has 1 aromatic carbocycles. The largest absolute Gasteiger partial charge is 0.341 e. The first-order valence-electron chi connectivity index (χ1n) is 7.53. The van der Waals surface area contributed by atoms with Crippen molar-refractivity contribution in [1.29, 1.82) is 0 Å². The molecule has 0 spiro atoms. The van der Waals surface area contributed by atoms with Crippen molar-refractivity contribution < 1.29 is 9.18 Å². The van der Waals surface area contributed by atoms with Gasteiger partial charge in [0.2, 0.25) is 0 Å². The van der Waals surface area contributed by atoms with Gasteiger partial charge in [0.1, 0.15) is 5.82 Å². The summed E-state index contributed by atoms with van der Waals surface area (Å²) in [6.07, 6.45) is 2.50. The third-order valence-electron chi connectivity index (χ3n) is 4.50. The van der Waals surface area contributed by atoms with Crippen molar-refractivity contribution in [2.45, 2.75) is 31.3 Å². The zero-order chi connectivity index (χ0) is 15.2. The molecule has 3 N–H and O–H groups in total. The zero-order valence-electron chi connectivity index (χ0n) is 12.5. The molecule has 1 aromatic heterocycles. The number of rotatable bonds is 3. The monoisotopic (exact) mass is 336 g/mol. The second kappa shape index (κ2) is 5.94. The molecule has 0 radical (unpaired) electrons. The first-order chi connectivity index (χ1) is 10.7. The maximum Gasteiger partial charge on any atom is 0.272 e. The van der Waals surface area contributed by atoms with Gasteiger partial charge in [0, 0.05) is 30.8 Å². The predicted molar refractivity (Wildman–Crippen MR) is 86.0 cm³/mol. The van der Waals surface area contributed by atoms with Gasteiger partial charge in [0.25, 0.3) is 5.91 Å².